The van der Waals surface area contributed by atoms with Crippen LogP contribution in [-0.4, -0.2) is 64.1 Å². The van der Waals surface area contributed by atoms with E-state index in [1.165, 1.54) is 0 Å². The van der Waals surface area contributed by atoms with E-state index in [1.807, 2.05) is 44.4 Å². The molecule has 1 aromatic carbocycles. The minimum Gasteiger partial charge on any atom is -0.496 e. The van der Waals surface area contributed by atoms with Crippen LogP contribution in [0.15, 0.2) is 35.1 Å². The molecule has 8 heteroatoms. The third-order valence-corrected chi connectivity index (χ3v) is 6.59. The Kier molecular flexibility index (Phi) is 6.31. The van der Waals surface area contributed by atoms with E-state index < -0.39 is 12.0 Å². The lowest BCUT2D eigenvalue weighted by molar-refractivity contribution is -0.144. The summed E-state index contributed by atoms with van der Waals surface area (Å²) in [5, 5.41) is 11.0. The molecule has 3 aromatic rings. The maximum atomic E-state index is 12.2. The second-order valence-electron chi connectivity index (χ2n) is 8.03. The number of benzene rings is 1. The van der Waals surface area contributed by atoms with Crippen LogP contribution in [0, 0.1) is 13.8 Å². The fourth-order valence-corrected chi connectivity index (χ4v) is 4.82. The van der Waals surface area contributed by atoms with E-state index in [1.54, 1.807) is 7.11 Å². The Bertz CT molecular complexity index is 1110. The van der Waals surface area contributed by atoms with Gasteiger partial charge in [0.1, 0.15) is 11.8 Å². The Morgan fingerprint density at radius 1 is 1.29 bits per heavy atom. The Balaban J connectivity index is 1.48. The molecule has 3 heterocycles. The van der Waals surface area contributed by atoms with Crippen LogP contribution < -0.4 is 4.74 Å². The predicted octanol–water partition coefficient (Wildman–Crippen LogP) is 3.89. The maximum absolute atomic E-state index is 12.2. The first-order chi connectivity index (χ1) is 14.9. The van der Waals surface area contributed by atoms with Crippen molar-refractivity contribution >= 4 is 32.8 Å². The highest BCUT2D eigenvalue weighted by Crippen LogP contribution is 2.31. The SMILES string of the molecule is COc1c(C)cnc(CN2CCN([C@H](C(=O)O)c3c[nH]c4cc(Br)ccc34)CC2)c1C. The fraction of sp³-hybridized carbons (Fsp3) is 0.391. The van der Waals surface area contributed by atoms with Gasteiger partial charge >= 0.3 is 5.97 Å². The minimum atomic E-state index is -0.821. The largest absolute Gasteiger partial charge is 0.496 e. The quantitative estimate of drug-likeness (QED) is 0.549. The first-order valence-corrected chi connectivity index (χ1v) is 11.1. The van der Waals surface area contributed by atoms with Crippen LogP contribution in [0.5, 0.6) is 5.75 Å². The zero-order valence-corrected chi connectivity index (χ0v) is 19.6. The number of H-pyrrole nitrogens is 1. The molecule has 164 valence electrons. The molecule has 0 spiro atoms. The van der Waals surface area contributed by atoms with Crippen molar-refractivity contribution in [2.45, 2.75) is 26.4 Å². The number of rotatable bonds is 6. The van der Waals surface area contributed by atoms with E-state index >= 15 is 0 Å². The number of aliphatic carboxylic acids is 1. The predicted molar refractivity (Wildman–Crippen MR) is 123 cm³/mol. The van der Waals surface area contributed by atoms with E-state index in [4.69, 9.17) is 4.74 Å². The lowest BCUT2D eigenvalue weighted by atomic mass is 10.0. The molecule has 2 N–H and O–H groups in total. The van der Waals surface area contributed by atoms with Gasteiger partial charge in [-0.15, -0.1) is 0 Å². The van der Waals surface area contributed by atoms with Crippen molar-refractivity contribution in [2.24, 2.45) is 0 Å². The fourth-order valence-electron chi connectivity index (χ4n) is 4.45. The molecule has 0 aliphatic carbocycles. The Hall–Kier alpha value is -2.42. The van der Waals surface area contributed by atoms with Crippen molar-refractivity contribution < 1.29 is 14.6 Å². The monoisotopic (exact) mass is 486 g/mol. The van der Waals surface area contributed by atoms with E-state index in [0.29, 0.717) is 13.1 Å². The van der Waals surface area contributed by atoms with Crippen LogP contribution >= 0.6 is 15.9 Å². The number of piperazine rings is 1. The smallest absolute Gasteiger partial charge is 0.325 e. The summed E-state index contributed by atoms with van der Waals surface area (Å²) in [4.78, 5) is 24.4. The Morgan fingerprint density at radius 2 is 2.03 bits per heavy atom. The third-order valence-electron chi connectivity index (χ3n) is 6.10. The molecule has 1 fully saturated rings. The topological polar surface area (TPSA) is 81.7 Å². The number of methoxy groups -OCH3 is 1. The number of nitrogens with zero attached hydrogens (tertiary/aromatic N) is 3. The van der Waals surface area contributed by atoms with Crippen molar-refractivity contribution in [2.75, 3.05) is 33.3 Å². The number of carboxylic acid groups (broad SMARTS) is 1. The molecule has 1 saturated heterocycles. The van der Waals surface area contributed by atoms with Gasteiger partial charge in [-0.1, -0.05) is 22.0 Å². The number of hydrogen-bond donors (Lipinski definition) is 2. The van der Waals surface area contributed by atoms with Gasteiger partial charge in [0.25, 0.3) is 0 Å². The van der Waals surface area contributed by atoms with Crippen molar-refractivity contribution in [1.29, 1.82) is 0 Å². The van der Waals surface area contributed by atoms with Crippen LogP contribution in [-0.2, 0) is 11.3 Å². The summed E-state index contributed by atoms with van der Waals surface area (Å²) in [6.07, 6.45) is 3.68. The molecular weight excluding hydrogens is 460 g/mol. The molecule has 31 heavy (non-hydrogen) atoms. The van der Waals surface area contributed by atoms with Crippen LogP contribution in [0.1, 0.15) is 28.4 Å². The summed E-state index contributed by atoms with van der Waals surface area (Å²) >= 11 is 3.47. The Morgan fingerprint density at radius 3 is 2.71 bits per heavy atom. The summed E-state index contributed by atoms with van der Waals surface area (Å²) in [6.45, 7) is 7.71. The Labute approximate surface area is 190 Å². The number of aromatic nitrogens is 2. The first kappa shape index (κ1) is 21.8. The summed E-state index contributed by atoms with van der Waals surface area (Å²) in [7, 11) is 1.69. The van der Waals surface area contributed by atoms with E-state index in [2.05, 4.69) is 35.7 Å². The maximum Gasteiger partial charge on any atom is 0.325 e. The summed E-state index contributed by atoms with van der Waals surface area (Å²) in [6, 6.07) is 5.22. The molecule has 7 nitrogen and oxygen atoms in total. The highest BCUT2D eigenvalue weighted by molar-refractivity contribution is 9.10. The second kappa shape index (κ2) is 8.98. The zero-order chi connectivity index (χ0) is 22.1. The lowest BCUT2D eigenvalue weighted by Crippen LogP contribution is -2.49. The van der Waals surface area contributed by atoms with Gasteiger partial charge in [0.2, 0.25) is 0 Å². The molecule has 0 radical (unpaired) electrons. The number of pyridine rings is 1. The van der Waals surface area contributed by atoms with Gasteiger partial charge in [-0.05, 0) is 26.0 Å². The average molecular weight is 487 g/mol. The number of aryl methyl sites for hydroxylation is 1. The standard InChI is InChI=1S/C23H27BrN4O3/c1-14-11-25-20(15(2)22(14)31-3)13-27-6-8-28(9-7-27)21(23(29)30)18-12-26-19-10-16(24)4-5-17(18)19/h4-5,10-12,21,26H,6-9,13H2,1-3H3,(H,29,30)/t21-/m0/s1. The van der Waals surface area contributed by atoms with Gasteiger partial charge in [-0.3, -0.25) is 19.6 Å². The van der Waals surface area contributed by atoms with E-state index in [0.717, 1.165) is 63.1 Å². The number of nitrogens with one attached hydrogen (secondary N) is 1. The van der Waals surface area contributed by atoms with Crippen LogP contribution in [0.2, 0.25) is 0 Å². The molecule has 0 saturated carbocycles. The van der Waals surface area contributed by atoms with Gasteiger partial charge in [-0.25, -0.2) is 0 Å². The molecule has 4 rings (SSSR count). The number of carbonyl (C=O) groups is 1. The number of carboxylic acids is 1. The van der Waals surface area contributed by atoms with Gasteiger partial charge < -0.3 is 14.8 Å². The highest BCUT2D eigenvalue weighted by atomic mass is 79.9. The van der Waals surface area contributed by atoms with Gasteiger partial charge in [-0.2, -0.15) is 0 Å². The molecule has 1 aliphatic heterocycles. The number of hydrogen-bond acceptors (Lipinski definition) is 5. The average Bonchev–Trinajstić information content (AvgIpc) is 3.14. The van der Waals surface area contributed by atoms with Gasteiger partial charge in [0.15, 0.2) is 0 Å². The summed E-state index contributed by atoms with van der Waals surface area (Å²) in [5.41, 5.74) is 4.85. The van der Waals surface area contributed by atoms with Crippen LogP contribution in [0.4, 0.5) is 0 Å². The number of fused-ring (bicyclic) bond motifs is 1. The molecule has 0 bridgehead atoms. The van der Waals surface area contributed by atoms with Crippen LogP contribution in [0.3, 0.4) is 0 Å². The van der Waals surface area contributed by atoms with Gasteiger partial charge in [0, 0.05) is 77.2 Å². The van der Waals surface area contributed by atoms with Crippen molar-refractivity contribution in [3.8, 4) is 5.75 Å². The number of ether oxygens (including phenoxy) is 1. The number of halogens is 1. The lowest BCUT2D eigenvalue weighted by Gasteiger charge is -2.37. The highest BCUT2D eigenvalue weighted by Gasteiger charge is 2.32. The van der Waals surface area contributed by atoms with Crippen LogP contribution in [0.25, 0.3) is 10.9 Å². The van der Waals surface area contributed by atoms with E-state index in [-0.39, 0.29) is 0 Å². The number of aromatic amines is 1. The molecular formula is C23H27BrN4O3. The molecule has 0 amide bonds. The zero-order valence-electron chi connectivity index (χ0n) is 18.0. The van der Waals surface area contributed by atoms with Crippen molar-refractivity contribution in [3.63, 3.8) is 0 Å². The second-order valence-corrected chi connectivity index (χ2v) is 8.95. The third kappa shape index (κ3) is 4.33. The summed E-state index contributed by atoms with van der Waals surface area (Å²) in [5.74, 6) is 0.0681. The van der Waals surface area contributed by atoms with E-state index in [9.17, 15) is 9.90 Å². The normalized spacial score (nSPS) is 16.5. The molecule has 1 atom stereocenters. The van der Waals surface area contributed by atoms with Crippen molar-refractivity contribution in [3.05, 3.63) is 57.4 Å². The summed E-state index contributed by atoms with van der Waals surface area (Å²) < 4.78 is 6.49. The van der Waals surface area contributed by atoms with Gasteiger partial charge in [0.05, 0.1) is 12.8 Å². The first-order valence-electron chi connectivity index (χ1n) is 10.3. The van der Waals surface area contributed by atoms with Crippen molar-refractivity contribution in [1.82, 2.24) is 19.8 Å². The molecule has 1 aliphatic rings. The molecule has 0 unspecified atom stereocenters. The molecule has 2 aromatic heterocycles. The minimum absolute atomic E-state index is 0.670.